The Morgan fingerprint density at radius 3 is 3.00 bits per heavy atom. The topological polar surface area (TPSA) is 12.4 Å². The Balaban J connectivity index is 3.12. The molecular formula is C9H11NS. The second-order valence-corrected chi connectivity index (χ2v) is 3.16. The molecule has 1 aromatic rings. The molecule has 1 rings (SSSR count). The minimum atomic E-state index is 1.01. The largest absolute Gasteiger partial charge is 0.253 e. The van der Waals surface area contributed by atoms with Gasteiger partial charge >= 0.3 is 0 Å². The van der Waals surface area contributed by atoms with Crippen LogP contribution in [-0.4, -0.2) is 6.72 Å². The number of hydrogen-bond donors (Lipinski definition) is 0. The van der Waals surface area contributed by atoms with Crippen molar-refractivity contribution in [2.75, 3.05) is 0 Å². The Bertz CT molecular complexity index is 284. The maximum atomic E-state index is 3.93. The van der Waals surface area contributed by atoms with Gasteiger partial charge in [0.1, 0.15) is 5.00 Å². The predicted molar refractivity (Wildman–Crippen MR) is 52.9 cm³/mol. The summed E-state index contributed by atoms with van der Waals surface area (Å²) in [6.07, 6.45) is 2.08. The Morgan fingerprint density at radius 1 is 1.73 bits per heavy atom. The average Bonchev–Trinajstić information content (AvgIpc) is 2.50. The van der Waals surface area contributed by atoms with E-state index in [1.807, 2.05) is 12.3 Å². The SMILES string of the molecule is C=Nc1sccc1C(C)=CC. The van der Waals surface area contributed by atoms with Gasteiger partial charge in [-0.2, -0.15) is 0 Å². The highest BCUT2D eigenvalue weighted by molar-refractivity contribution is 7.14. The summed E-state index contributed by atoms with van der Waals surface area (Å²) in [5, 5.41) is 3.05. The molecule has 1 aromatic heterocycles. The third-order valence-corrected chi connectivity index (χ3v) is 2.49. The summed E-state index contributed by atoms with van der Waals surface area (Å²) in [5.74, 6) is 0. The number of thiophene rings is 1. The number of aliphatic imine (C=N–C) groups is 1. The second kappa shape index (κ2) is 3.49. The lowest BCUT2D eigenvalue weighted by Crippen LogP contribution is -1.71. The van der Waals surface area contributed by atoms with Crippen LogP contribution in [0.2, 0.25) is 0 Å². The Hall–Kier alpha value is -0.890. The molecule has 0 aliphatic rings. The van der Waals surface area contributed by atoms with Gasteiger partial charge in [-0.1, -0.05) is 6.08 Å². The fraction of sp³-hybridized carbons (Fsp3) is 0.222. The summed E-state index contributed by atoms with van der Waals surface area (Å²) >= 11 is 1.62. The summed E-state index contributed by atoms with van der Waals surface area (Å²) in [5.41, 5.74) is 2.46. The van der Waals surface area contributed by atoms with Crippen LogP contribution in [0.4, 0.5) is 5.00 Å². The van der Waals surface area contributed by atoms with E-state index in [-0.39, 0.29) is 0 Å². The standard InChI is InChI=1S/C9H11NS/c1-4-7(2)8-5-6-11-9(8)10-3/h4-6H,3H2,1-2H3. The molecule has 1 heterocycles. The molecule has 0 bridgehead atoms. The van der Waals surface area contributed by atoms with Crippen molar-refractivity contribution in [2.24, 2.45) is 4.99 Å². The normalized spacial score (nSPS) is 11.6. The lowest BCUT2D eigenvalue weighted by atomic mass is 10.1. The van der Waals surface area contributed by atoms with Crippen molar-refractivity contribution in [3.05, 3.63) is 23.1 Å². The van der Waals surface area contributed by atoms with Crippen molar-refractivity contribution in [2.45, 2.75) is 13.8 Å². The smallest absolute Gasteiger partial charge is 0.122 e. The molecule has 0 aromatic carbocycles. The Kier molecular flexibility index (Phi) is 2.60. The van der Waals surface area contributed by atoms with Crippen LogP contribution in [0.1, 0.15) is 19.4 Å². The maximum absolute atomic E-state index is 3.93. The zero-order valence-corrected chi connectivity index (χ0v) is 7.61. The van der Waals surface area contributed by atoms with E-state index in [9.17, 15) is 0 Å². The number of rotatable bonds is 2. The molecule has 0 saturated carbocycles. The van der Waals surface area contributed by atoms with Crippen LogP contribution in [0, 0.1) is 0 Å². The van der Waals surface area contributed by atoms with Gasteiger partial charge in [0.2, 0.25) is 0 Å². The molecule has 0 atom stereocenters. The van der Waals surface area contributed by atoms with E-state index in [0.717, 1.165) is 5.00 Å². The summed E-state index contributed by atoms with van der Waals surface area (Å²) in [4.78, 5) is 3.93. The molecule has 0 fully saturated rings. The lowest BCUT2D eigenvalue weighted by Gasteiger charge is -1.96. The van der Waals surface area contributed by atoms with Gasteiger partial charge in [0, 0.05) is 5.56 Å². The molecule has 0 amide bonds. The van der Waals surface area contributed by atoms with Crippen LogP contribution < -0.4 is 0 Å². The summed E-state index contributed by atoms with van der Waals surface area (Å²) in [7, 11) is 0. The van der Waals surface area contributed by atoms with E-state index >= 15 is 0 Å². The third-order valence-electron chi connectivity index (χ3n) is 1.65. The monoisotopic (exact) mass is 165 g/mol. The molecule has 2 heteroatoms. The molecule has 58 valence electrons. The van der Waals surface area contributed by atoms with E-state index in [2.05, 4.69) is 30.8 Å². The van der Waals surface area contributed by atoms with Gasteiger partial charge in [0.25, 0.3) is 0 Å². The summed E-state index contributed by atoms with van der Waals surface area (Å²) < 4.78 is 0. The van der Waals surface area contributed by atoms with E-state index in [0.29, 0.717) is 0 Å². The van der Waals surface area contributed by atoms with Crippen molar-refractivity contribution in [1.29, 1.82) is 0 Å². The van der Waals surface area contributed by atoms with Gasteiger partial charge in [0.15, 0.2) is 0 Å². The van der Waals surface area contributed by atoms with Gasteiger partial charge in [0.05, 0.1) is 0 Å². The first kappa shape index (κ1) is 8.21. The maximum Gasteiger partial charge on any atom is 0.122 e. The van der Waals surface area contributed by atoms with Crippen LogP contribution in [0.25, 0.3) is 5.57 Å². The van der Waals surface area contributed by atoms with Crippen molar-refractivity contribution < 1.29 is 0 Å². The molecule has 0 N–H and O–H groups in total. The molecule has 0 spiro atoms. The Labute approximate surface area is 71.1 Å². The molecular weight excluding hydrogens is 154 g/mol. The molecule has 0 unspecified atom stereocenters. The minimum Gasteiger partial charge on any atom is -0.253 e. The lowest BCUT2D eigenvalue weighted by molar-refractivity contribution is 1.55. The highest BCUT2D eigenvalue weighted by atomic mass is 32.1. The van der Waals surface area contributed by atoms with Gasteiger partial charge in [-0.15, -0.1) is 11.3 Å². The predicted octanol–water partition coefficient (Wildman–Crippen LogP) is 3.50. The van der Waals surface area contributed by atoms with Crippen molar-refractivity contribution in [1.82, 2.24) is 0 Å². The fourth-order valence-corrected chi connectivity index (χ4v) is 1.64. The Morgan fingerprint density at radius 2 is 2.45 bits per heavy atom. The number of nitrogens with zero attached hydrogens (tertiary/aromatic N) is 1. The minimum absolute atomic E-state index is 1.01. The van der Waals surface area contributed by atoms with Crippen LogP contribution in [0.15, 0.2) is 22.5 Å². The van der Waals surface area contributed by atoms with Crippen LogP contribution in [-0.2, 0) is 0 Å². The highest BCUT2D eigenvalue weighted by Gasteiger charge is 2.01. The van der Waals surface area contributed by atoms with Gasteiger partial charge < -0.3 is 0 Å². The number of hydrogen-bond acceptors (Lipinski definition) is 2. The first-order valence-corrected chi connectivity index (χ1v) is 4.35. The van der Waals surface area contributed by atoms with Crippen LogP contribution >= 0.6 is 11.3 Å². The van der Waals surface area contributed by atoms with Crippen molar-refractivity contribution >= 4 is 28.6 Å². The fourth-order valence-electron chi connectivity index (χ4n) is 0.879. The molecule has 0 radical (unpaired) electrons. The molecule has 0 aliphatic heterocycles. The van der Waals surface area contributed by atoms with E-state index in [1.165, 1.54) is 11.1 Å². The first-order chi connectivity index (χ1) is 5.29. The molecule has 0 aliphatic carbocycles. The van der Waals surface area contributed by atoms with Crippen molar-refractivity contribution in [3.63, 3.8) is 0 Å². The van der Waals surface area contributed by atoms with Crippen LogP contribution in [0.3, 0.4) is 0 Å². The highest BCUT2D eigenvalue weighted by Crippen LogP contribution is 2.31. The molecule has 11 heavy (non-hydrogen) atoms. The van der Waals surface area contributed by atoms with Gasteiger partial charge in [-0.05, 0) is 37.6 Å². The second-order valence-electron chi connectivity index (χ2n) is 2.27. The first-order valence-electron chi connectivity index (χ1n) is 3.47. The summed E-state index contributed by atoms with van der Waals surface area (Å²) in [6, 6.07) is 2.07. The zero-order chi connectivity index (χ0) is 8.27. The summed E-state index contributed by atoms with van der Waals surface area (Å²) in [6.45, 7) is 7.62. The van der Waals surface area contributed by atoms with E-state index in [4.69, 9.17) is 0 Å². The van der Waals surface area contributed by atoms with E-state index in [1.54, 1.807) is 11.3 Å². The third kappa shape index (κ3) is 1.57. The quantitative estimate of drug-likeness (QED) is 0.595. The van der Waals surface area contributed by atoms with Crippen LogP contribution in [0.5, 0.6) is 0 Å². The van der Waals surface area contributed by atoms with Gasteiger partial charge in [-0.3, -0.25) is 4.99 Å². The molecule has 1 nitrogen and oxygen atoms in total. The van der Waals surface area contributed by atoms with Crippen molar-refractivity contribution in [3.8, 4) is 0 Å². The van der Waals surface area contributed by atoms with E-state index < -0.39 is 0 Å². The average molecular weight is 165 g/mol. The van der Waals surface area contributed by atoms with Gasteiger partial charge in [-0.25, -0.2) is 0 Å². The zero-order valence-electron chi connectivity index (χ0n) is 6.79. The number of allylic oxidation sites excluding steroid dienone is 2. The molecule has 0 saturated heterocycles.